The third-order valence-electron chi connectivity index (χ3n) is 5.34. The van der Waals surface area contributed by atoms with E-state index in [4.69, 9.17) is 9.47 Å². The van der Waals surface area contributed by atoms with Gasteiger partial charge in [-0.2, -0.15) is 0 Å². The molecule has 2 aromatic carbocycles. The number of nitrogens with zero attached hydrogens (tertiary/aromatic N) is 1. The lowest BCUT2D eigenvalue weighted by Gasteiger charge is -2.21. The number of ketones is 1. The Balaban J connectivity index is 1.90. The summed E-state index contributed by atoms with van der Waals surface area (Å²) in [6.45, 7) is 11.7. The molecule has 0 aliphatic heterocycles. The maximum Gasteiger partial charge on any atom is 0.442 e. The lowest BCUT2D eigenvalue weighted by Crippen LogP contribution is -2.27. The molecule has 42 heavy (non-hydrogen) atoms. The molecule has 0 saturated heterocycles. The van der Waals surface area contributed by atoms with E-state index in [0.717, 1.165) is 10.4 Å². The Morgan fingerprint density at radius 3 is 1.98 bits per heavy atom. The minimum atomic E-state index is -3.12. The molecule has 0 saturated carbocycles. The van der Waals surface area contributed by atoms with E-state index in [1.165, 1.54) is 48.8 Å². The number of carbonyl (C=O) groups is 4. The second-order valence-electron chi connectivity index (χ2n) is 11.5. The van der Waals surface area contributed by atoms with Gasteiger partial charge >= 0.3 is 12.2 Å². The molecule has 0 fully saturated rings. The van der Waals surface area contributed by atoms with Crippen LogP contribution in [-0.4, -0.2) is 45.5 Å². The largest absolute Gasteiger partial charge is 0.444 e. The van der Waals surface area contributed by atoms with E-state index >= 15 is 0 Å². The van der Waals surface area contributed by atoms with Crippen molar-refractivity contribution in [1.29, 1.82) is 0 Å². The molecule has 12 heteroatoms. The van der Waals surface area contributed by atoms with Crippen molar-refractivity contribution in [3.05, 3.63) is 65.0 Å². The summed E-state index contributed by atoms with van der Waals surface area (Å²) >= 11 is 1.31. The maximum absolute atomic E-state index is 13.3. The van der Waals surface area contributed by atoms with Crippen molar-refractivity contribution < 1.29 is 32.9 Å². The van der Waals surface area contributed by atoms with Gasteiger partial charge in [-0.25, -0.2) is 13.8 Å². The summed E-state index contributed by atoms with van der Waals surface area (Å²) in [4.78, 5) is 51.3. The SMILES string of the molecule is CC(=O)c1ccc(-c2ccc(NC(=O)OC(C)(C)C)c(NC(=O)c3ccc(S(C)(=O)=NC(=O)OC(C)(C)C)cc3)c2)s1. The monoisotopic (exact) mass is 613 g/mol. The summed E-state index contributed by atoms with van der Waals surface area (Å²) in [7, 11) is -3.12. The molecule has 1 aromatic heterocycles. The number of hydrogen-bond acceptors (Lipinski definition) is 8. The van der Waals surface area contributed by atoms with Crippen LogP contribution in [0.3, 0.4) is 0 Å². The molecule has 3 aromatic rings. The minimum Gasteiger partial charge on any atom is -0.444 e. The molecule has 3 amide bonds. The van der Waals surface area contributed by atoms with Crippen LogP contribution >= 0.6 is 11.3 Å². The van der Waals surface area contributed by atoms with Gasteiger partial charge in [0.2, 0.25) is 0 Å². The van der Waals surface area contributed by atoms with E-state index in [0.29, 0.717) is 16.3 Å². The number of amides is 3. The van der Waals surface area contributed by atoms with Crippen LogP contribution in [0.4, 0.5) is 21.0 Å². The third-order valence-corrected chi connectivity index (χ3v) is 8.22. The number of benzene rings is 2. The van der Waals surface area contributed by atoms with Crippen LogP contribution in [0.25, 0.3) is 10.4 Å². The fraction of sp³-hybridized carbons (Fsp3) is 0.333. The lowest BCUT2D eigenvalue weighted by molar-refractivity contribution is 0.0603. The quantitative estimate of drug-likeness (QED) is 0.273. The summed E-state index contributed by atoms with van der Waals surface area (Å²) in [6.07, 6.45) is -0.326. The molecule has 3 rings (SSSR count). The fourth-order valence-electron chi connectivity index (χ4n) is 3.53. The summed E-state index contributed by atoms with van der Waals surface area (Å²) in [5, 5.41) is 5.48. The fourth-order valence-corrected chi connectivity index (χ4v) is 5.50. The average Bonchev–Trinajstić information content (AvgIpc) is 3.33. The summed E-state index contributed by atoms with van der Waals surface area (Å²) in [5.74, 6) is -0.561. The second-order valence-corrected chi connectivity index (χ2v) is 14.8. The van der Waals surface area contributed by atoms with Gasteiger partial charge in [-0.05, 0) is 103 Å². The molecule has 224 valence electrons. The molecule has 1 atom stereocenters. The zero-order chi connectivity index (χ0) is 31.5. The second kappa shape index (κ2) is 12.5. The van der Waals surface area contributed by atoms with Crippen molar-refractivity contribution in [1.82, 2.24) is 0 Å². The van der Waals surface area contributed by atoms with Gasteiger partial charge in [0, 0.05) is 21.6 Å². The van der Waals surface area contributed by atoms with E-state index in [2.05, 4.69) is 15.0 Å². The van der Waals surface area contributed by atoms with E-state index in [1.807, 2.05) is 6.07 Å². The predicted molar refractivity (Wildman–Crippen MR) is 165 cm³/mol. The number of carbonyl (C=O) groups excluding carboxylic acids is 4. The van der Waals surface area contributed by atoms with Crippen molar-refractivity contribution in [2.24, 2.45) is 4.36 Å². The van der Waals surface area contributed by atoms with E-state index in [1.54, 1.807) is 65.8 Å². The average molecular weight is 614 g/mol. The Hall–Kier alpha value is -4.03. The first kappa shape index (κ1) is 32.5. The Morgan fingerprint density at radius 2 is 1.43 bits per heavy atom. The summed E-state index contributed by atoms with van der Waals surface area (Å²) in [5.41, 5.74) is 0.0325. The van der Waals surface area contributed by atoms with Gasteiger partial charge in [-0.15, -0.1) is 15.7 Å². The molecule has 2 N–H and O–H groups in total. The van der Waals surface area contributed by atoms with Crippen LogP contribution in [-0.2, 0) is 19.2 Å². The first-order valence-corrected chi connectivity index (χ1v) is 15.7. The molecule has 1 heterocycles. The van der Waals surface area contributed by atoms with Crippen LogP contribution in [0, 0.1) is 0 Å². The van der Waals surface area contributed by atoms with Gasteiger partial charge in [-0.3, -0.25) is 14.9 Å². The molecule has 0 radical (unpaired) electrons. The standard InChI is InChI=1S/C30H35N3O7S2/c1-18(34)24-15-16-25(41-24)20-11-14-22(32-27(36)39-29(2,3)4)23(17-20)31-26(35)19-9-12-21(13-10-19)42(8,38)33-28(37)40-30(5,6)7/h9-17H,1-8H3,(H,31,35)(H,32,36). The van der Waals surface area contributed by atoms with Crippen molar-refractivity contribution in [2.75, 3.05) is 16.9 Å². The zero-order valence-corrected chi connectivity index (χ0v) is 26.5. The number of anilines is 2. The summed E-state index contributed by atoms with van der Waals surface area (Å²) < 4.78 is 27.3. The smallest absolute Gasteiger partial charge is 0.442 e. The van der Waals surface area contributed by atoms with E-state index in [-0.39, 0.29) is 16.2 Å². The number of nitrogens with one attached hydrogen (secondary N) is 2. The molecule has 10 nitrogen and oxygen atoms in total. The van der Waals surface area contributed by atoms with Gasteiger partial charge in [0.1, 0.15) is 11.2 Å². The molecular weight excluding hydrogens is 578 g/mol. The highest BCUT2D eigenvalue weighted by molar-refractivity contribution is 7.93. The van der Waals surface area contributed by atoms with Gasteiger partial charge < -0.3 is 14.8 Å². The van der Waals surface area contributed by atoms with Crippen LogP contribution in [0.5, 0.6) is 0 Å². The molecule has 1 unspecified atom stereocenters. The number of hydrogen-bond donors (Lipinski definition) is 2. The highest BCUT2D eigenvalue weighted by Crippen LogP contribution is 2.34. The Kier molecular flexibility index (Phi) is 9.63. The molecule has 0 bridgehead atoms. The first-order chi connectivity index (χ1) is 19.3. The zero-order valence-electron chi connectivity index (χ0n) is 24.8. The summed E-state index contributed by atoms with van der Waals surface area (Å²) in [6, 6.07) is 14.5. The number of thiophene rings is 1. The molecule has 0 aliphatic carbocycles. The highest BCUT2D eigenvalue weighted by atomic mass is 32.2. The van der Waals surface area contributed by atoms with Gasteiger partial charge in [-0.1, -0.05) is 6.07 Å². The van der Waals surface area contributed by atoms with Crippen LogP contribution in [0.15, 0.2) is 63.9 Å². The van der Waals surface area contributed by atoms with Crippen LogP contribution in [0.2, 0.25) is 0 Å². The number of ether oxygens (including phenoxy) is 2. The van der Waals surface area contributed by atoms with Gasteiger partial charge in [0.15, 0.2) is 5.78 Å². The Morgan fingerprint density at radius 1 is 0.810 bits per heavy atom. The highest BCUT2D eigenvalue weighted by Gasteiger charge is 2.21. The maximum atomic E-state index is 13.3. The molecular formula is C30H35N3O7S2. The predicted octanol–water partition coefficient (Wildman–Crippen LogP) is 7.61. The van der Waals surface area contributed by atoms with Crippen molar-refractivity contribution >= 4 is 56.3 Å². The molecule has 0 spiro atoms. The lowest BCUT2D eigenvalue weighted by atomic mass is 10.1. The van der Waals surface area contributed by atoms with Crippen molar-refractivity contribution in [3.8, 4) is 10.4 Å². The van der Waals surface area contributed by atoms with E-state index in [9.17, 15) is 23.4 Å². The third kappa shape index (κ3) is 9.25. The normalized spacial score (nSPS) is 13.0. The van der Waals surface area contributed by atoms with Gasteiger partial charge in [0.25, 0.3) is 5.91 Å². The number of Topliss-reactive ketones (excluding diaryl/α,β-unsaturated/α-hetero) is 1. The molecule has 0 aliphatic rings. The van der Waals surface area contributed by atoms with E-state index < -0.39 is 39.0 Å². The van der Waals surface area contributed by atoms with Crippen LogP contribution < -0.4 is 10.6 Å². The topological polar surface area (TPSA) is 140 Å². The number of rotatable bonds is 6. The van der Waals surface area contributed by atoms with Crippen LogP contribution in [0.1, 0.15) is 68.5 Å². The van der Waals surface area contributed by atoms with Crippen molar-refractivity contribution in [2.45, 2.75) is 64.6 Å². The Labute approximate surface area is 250 Å². The minimum absolute atomic E-state index is 0.0543. The first-order valence-electron chi connectivity index (χ1n) is 12.9. The van der Waals surface area contributed by atoms with Gasteiger partial charge in [0.05, 0.1) is 26.0 Å². The van der Waals surface area contributed by atoms with Crippen molar-refractivity contribution in [3.63, 3.8) is 0 Å². The Bertz CT molecular complexity index is 1640.